The summed E-state index contributed by atoms with van der Waals surface area (Å²) >= 11 is 0. The van der Waals surface area contributed by atoms with Gasteiger partial charge in [0.15, 0.2) is 5.60 Å². The Hall–Kier alpha value is -3.59. The molecule has 2 aromatic heterocycles. The number of ether oxygens (including phenoxy) is 2. The molecule has 0 unspecified atom stereocenters. The third kappa shape index (κ3) is 2.99. The van der Waals surface area contributed by atoms with Crippen LogP contribution in [0, 0.1) is 12.7 Å². The van der Waals surface area contributed by atoms with Crippen LogP contribution in [-0.4, -0.2) is 26.6 Å². The van der Waals surface area contributed by atoms with Gasteiger partial charge in [0.05, 0.1) is 29.0 Å². The summed E-state index contributed by atoms with van der Waals surface area (Å²) < 4.78 is 26.2. The molecule has 0 aliphatic carbocycles. The molecule has 8 nitrogen and oxygen atoms in total. The lowest BCUT2D eigenvalue weighted by molar-refractivity contribution is -0.172. The van der Waals surface area contributed by atoms with Gasteiger partial charge >= 0.3 is 11.9 Å². The van der Waals surface area contributed by atoms with Crippen molar-refractivity contribution in [3.05, 3.63) is 62.2 Å². The first-order chi connectivity index (χ1) is 15.7. The number of fused-ring (bicyclic) bond motifs is 5. The zero-order valence-electron chi connectivity index (χ0n) is 18.3. The second-order valence-corrected chi connectivity index (χ2v) is 8.42. The Balaban J connectivity index is 1.81. The molecule has 1 aromatic carbocycles. The number of hydrogen-bond donors (Lipinski definition) is 1. The molecule has 9 heteroatoms. The monoisotopic (exact) mass is 452 g/mol. The first-order valence-electron chi connectivity index (χ1n) is 10.6. The highest BCUT2D eigenvalue weighted by atomic mass is 19.1. The van der Waals surface area contributed by atoms with Crippen molar-refractivity contribution in [1.29, 1.82) is 0 Å². The number of aliphatic hydroxyl groups is 1. The molecule has 1 N–H and O–H groups in total. The number of halogens is 1. The number of cyclic esters (lactones) is 1. The maximum atomic E-state index is 14.4. The largest absolute Gasteiger partial charge is 0.461 e. The van der Waals surface area contributed by atoms with E-state index in [1.165, 1.54) is 17.6 Å². The smallest absolute Gasteiger partial charge is 0.343 e. The lowest BCUT2D eigenvalue weighted by Crippen LogP contribution is -2.44. The van der Waals surface area contributed by atoms with Gasteiger partial charge < -0.3 is 19.1 Å². The molecule has 5 rings (SSSR count). The fourth-order valence-corrected chi connectivity index (χ4v) is 4.63. The number of benzene rings is 1. The minimum absolute atomic E-state index is 0.0297. The van der Waals surface area contributed by atoms with E-state index in [1.54, 1.807) is 26.0 Å². The van der Waals surface area contributed by atoms with Crippen molar-refractivity contribution in [2.75, 3.05) is 0 Å². The summed E-state index contributed by atoms with van der Waals surface area (Å²) in [5, 5.41) is 11.6. The Kier molecular flexibility index (Phi) is 4.65. The van der Waals surface area contributed by atoms with Gasteiger partial charge in [-0.2, -0.15) is 0 Å². The first kappa shape index (κ1) is 21.3. The molecule has 2 aliphatic rings. The molecule has 2 aliphatic heterocycles. The Morgan fingerprint density at radius 1 is 1.30 bits per heavy atom. The van der Waals surface area contributed by atoms with Crippen LogP contribution in [0.2, 0.25) is 0 Å². The van der Waals surface area contributed by atoms with Crippen molar-refractivity contribution in [1.82, 2.24) is 9.55 Å². The average molecular weight is 452 g/mol. The van der Waals surface area contributed by atoms with Crippen LogP contribution in [0.4, 0.5) is 4.39 Å². The molecule has 0 saturated carbocycles. The van der Waals surface area contributed by atoms with Gasteiger partial charge in [-0.25, -0.2) is 14.2 Å². The fourth-order valence-electron chi connectivity index (χ4n) is 4.63. The summed E-state index contributed by atoms with van der Waals surface area (Å²) in [6.07, 6.45) is 0.0297. The van der Waals surface area contributed by atoms with Crippen molar-refractivity contribution in [2.24, 2.45) is 0 Å². The third-order valence-corrected chi connectivity index (χ3v) is 6.51. The van der Waals surface area contributed by atoms with Crippen LogP contribution >= 0.6 is 0 Å². The molecule has 0 bridgehead atoms. The molecule has 4 heterocycles. The van der Waals surface area contributed by atoms with Crippen LogP contribution in [0.15, 0.2) is 23.0 Å². The van der Waals surface area contributed by atoms with E-state index in [9.17, 15) is 23.9 Å². The number of esters is 2. The summed E-state index contributed by atoms with van der Waals surface area (Å²) in [6, 6.07) is 4.54. The average Bonchev–Trinajstić information content (AvgIpc) is 3.14. The zero-order valence-corrected chi connectivity index (χ0v) is 18.3. The maximum Gasteiger partial charge on any atom is 0.343 e. The number of rotatable bonds is 3. The van der Waals surface area contributed by atoms with Gasteiger partial charge in [0.25, 0.3) is 5.56 Å². The first-order valence-corrected chi connectivity index (χ1v) is 10.6. The summed E-state index contributed by atoms with van der Waals surface area (Å²) in [7, 11) is 0. The number of hydrogen-bond acceptors (Lipinski definition) is 7. The molecule has 0 radical (unpaired) electrons. The molecular formula is C24H21FN2O6. The lowest BCUT2D eigenvalue weighted by Gasteiger charge is -2.31. The fraction of sp³-hybridized carbons (Fsp3) is 0.333. The van der Waals surface area contributed by atoms with Crippen LogP contribution in [0.1, 0.15) is 48.1 Å². The van der Waals surface area contributed by atoms with Crippen molar-refractivity contribution in [2.45, 2.75) is 52.6 Å². The predicted octanol–water partition coefficient (Wildman–Crippen LogP) is 2.59. The highest BCUT2D eigenvalue weighted by Crippen LogP contribution is 2.40. The number of aryl methyl sites for hydroxylation is 1. The molecular weight excluding hydrogens is 431 g/mol. The topological polar surface area (TPSA) is 108 Å². The molecule has 0 fully saturated rings. The maximum absolute atomic E-state index is 14.4. The summed E-state index contributed by atoms with van der Waals surface area (Å²) in [4.78, 5) is 41.8. The van der Waals surface area contributed by atoms with Gasteiger partial charge in [0.2, 0.25) is 0 Å². The number of pyridine rings is 2. The van der Waals surface area contributed by atoms with E-state index in [0.29, 0.717) is 39.0 Å². The van der Waals surface area contributed by atoms with Crippen LogP contribution in [0.25, 0.3) is 22.3 Å². The van der Waals surface area contributed by atoms with E-state index in [2.05, 4.69) is 4.98 Å². The van der Waals surface area contributed by atoms with E-state index in [4.69, 9.17) is 9.47 Å². The summed E-state index contributed by atoms with van der Waals surface area (Å²) in [5.41, 5.74) is 0.965. The molecule has 0 amide bonds. The number of nitrogens with zero attached hydrogens (tertiary/aromatic N) is 2. The molecule has 0 saturated heterocycles. The Labute approximate surface area is 187 Å². The predicted molar refractivity (Wildman–Crippen MR) is 115 cm³/mol. The number of aromatic nitrogens is 2. The van der Waals surface area contributed by atoms with Crippen molar-refractivity contribution >= 4 is 22.8 Å². The van der Waals surface area contributed by atoms with E-state index < -0.39 is 28.9 Å². The van der Waals surface area contributed by atoms with E-state index >= 15 is 0 Å². The van der Waals surface area contributed by atoms with E-state index in [1.807, 2.05) is 0 Å². The lowest BCUT2D eigenvalue weighted by atomic mass is 9.86. The normalized spacial score (nSPS) is 18.5. The van der Waals surface area contributed by atoms with Gasteiger partial charge in [-0.3, -0.25) is 9.59 Å². The quantitative estimate of drug-likeness (QED) is 0.476. The van der Waals surface area contributed by atoms with E-state index in [-0.39, 0.29) is 37.3 Å². The van der Waals surface area contributed by atoms with Gasteiger partial charge in [-0.1, -0.05) is 6.92 Å². The third-order valence-electron chi connectivity index (χ3n) is 6.51. The molecule has 3 aromatic rings. The molecule has 1 atom stereocenters. The summed E-state index contributed by atoms with van der Waals surface area (Å²) in [6.45, 7) is 4.42. The van der Waals surface area contributed by atoms with Crippen LogP contribution in [0.3, 0.4) is 0 Å². The zero-order chi connectivity index (χ0) is 23.7. The van der Waals surface area contributed by atoms with Crippen molar-refractivity contribution in [3.63, 3.8) is 0 Å². The van der Waals surface area contributed by atoms with Crippen LogP contribution in [-0.2, 0) is 44.4 Å². The number of carbonyl (C=O) groups is 2. The second kappa shape index (κ2) is 7.21. The molecule has 170 valence electrons. The highest BCUT2D eigenvalue weighted by Gasteiger charge is 2.45. The Morgan fingerprint density at radius 3 is 2.76 bits per heavy atom. The minimum Gasteiger partial charge on any atom is -0.461 e. The molecule has 0 spiro atoms. The highest BCUT2D eigenvalue weighted by molar-refractivity contribution is 5.89. The van der Waals surface area contributed by atoms with Crippen molar-refractivity contribution in [3.8, 4) is 11.4 Å². The Bertz CT molecular complexity index is 1440. The standard InChI is InChI=1S/C24H21FN2O6/c1-4-24(31)17-6-20-21-14(8-27(20)22(29)16(17)10-33-23(24)30)15(9-32-12(3)28)13-5-11(2)18(25)7-19(13)26-21/h5-7,31H,4,8-10H2,1-3H3/t24-/m0/s1. The SMILES string of the molecule is CC[C@@]1(O)C(=O)OCc2c1cc1n(c2=O)Cc2c-1nc1cc(F)c(C)cc1c2COC(C)=O. The molecule has 33 heavy (non-hydrogen) atoms. The second-order valence-electron chi connectivity index (χ2n) is 8.42. The van der Waals surface area contributed by atoms with Gasteiger partial charge in [-0.05, 0) is 31.0 Å². The summed E-state index contributed by atoms with van der Waals surface area (Å²) in [5.74, 6) is -1.71. The minimum atomic E-state index is -1.94. The van der Waals surface area contributed by atoms with Gasteiger partial charge in [0.1, 0.15) is 19.0 Å². The van der Waals surface area contributed by atoms with Crippen LogP contribution in [0.5, 0.6) is 0 Å². The van der Waals surface area contributed by atoms with Crippen molar-refractivity contribution < 1.29 is 28.6 Å². The Morgan fingerprint density at radius 2 is 2.06 bits per heavy atom. The van der Waals surface area contributed by atoms with Gasteiger partial charge in [-0.15, -0.1) is 0 Å². The van der Waals surface area contributed by atoms with E-state index in [0.717, 1.165) is 0 Å². The van der Waals surface area contributed by atoms with Crippen LogP contribution < -0.4 is 5.56 Å². The van der Waals surface area contributed by atoms with Gasteiger partial charge in [0, 0.05) is 35.1 Å². The number of carbonyl (C=O) groups excluding carboxylic acids is 2.